The number of Topliss-reactive ketones (excluding diaryl/α,β-unsaturated/α-hetero) is 1. The number of halogens is 3. The average molecular weight is 281 g/mol. The molecule has 0 atom stereocenters. The third kappa shape index (κ3) is 3.37. The Hall–Kier alpha value is -0.770. The van der Waals surface area contributed by atoms with E-state index < -0.39 is 9.70 Å². The van der Waals surface area contributed by atoms with E-state index in [1.54, 1.807) is 24.3 Å². The largest absolute Gasteiger partial charge is 0.322 e. The van der Waals surface area contributed by atoms with Gasteiger partial charge >= 0.3 is 0 Å². The predicted octanol–water partition coefficient (Wildman–Crippen LogP) is 3.20. The van der Waals surface area contributed by atoms with Crippen molar-refractivity contribution in [2.45, 2.75) is 10.7 Å². The van der Waals surface area contributed by atoms with Crippen LogP contribution >= 0.6 is 34.8 Å². The minimum atomic E-state index is -2.05. The summed E-state index contributed by atoms with van der Waals surface area (Å²) in [5.41, 5.74) is 0.691. The minimum absolute atomic E-state index is 0.180. The molecule has 0 aliphatic rings. The molecule has 0 radical (unpaired) electrons. The molecule has 0 unspecified atom stereocenters. The van der Waals surface area contributed by atoms with Gasteiger partial charge in [-0.1, -0.05) is 46.9 Å². The summed E-state index contributed by atoms with van der Waals surface area (Å²) in [4.78, 5) is 22.6. The van der Waals surface area contributed by atoms with Gasteiger partial charge in [-0.15, -0.1) is 0 Å². The highest BCUT2D eigenvalue weighted by molar-refractivity contribution is 6.76. The first-order valence-corrected chi connectivity index (χ1v) is 5.44. The molecular weight excluding hydrogens is 272 g/mol. The van der Waals surface area contributed by atoms with Gasteiger partial charge in [-0.25, -0.2) is 0 Å². The lowest BCUT2D eigenvalue weighted by Crippen LogP contribution is -2.27. The number of carbonyl (C=O) groups is 2. The van der Waals surface area contributed by atoms with Gasteiger partial charge in [-0.05, 0) is 19.1 Å². The molecule has 0 fully saturated rings. The van der Waals surface area contributed by atoms with E-state index in [2.05, 4.69) is 5.32 Å². The van der Waals surface area contributed by atoms with Crippen molar-refractivity contribution < 1.29 is 9.59 Å². The SMILES string of the molecule is CC(=O)c1ccccc1NC(=O)C(Cl)(Cl)Cl. The van der Waals surface area contributed by atoms with Gasteiger partial charge in [0.15, 0.2) is 5.78 Å². The second-order valence-corrected chi connectivity index (χ2v) is 5.33. The maximum Gasteiger partial charge on any atom is 0.276 e. The number of alkyl halides is 3. The first-order chi connectivity index (χ1) is 7.32. The Balaban J connectivity index is 2.98. The number of para-hydroxylation sites is 1. The summed E-state index contributed by atoms with van der Waals surface area (Å²) < 4.78 is -2.05. The van der Waals surface area contributed by atoms with E-state index in [4.69, 9.17) is 34.8 Å². The second kappa shape index (κ2) is 5.04. The fourth-order valence-electron chi connectivity index (χ4n) is 1.09. The van der Waals surface area contributed by atoms with Crippen molar-refractivity contribution in [1.29, 1.82) is 0 Å². The smallest absolute Gasteiger partial charge is 0.276 e. The lowest BCUT2D eigenvalue weighted by Gasteiger charge is -2.13. The van der Waals surface area contributed by atoms with Crippen molar-refractivity contribution >= 4 is 52.2 Å². The molecule has 1 rings (SSSR count). The normalized spacial score (nSPS) is 11.0. The number of hydrogen-bond donors (Lipinski definition) is 1. The molecule has 0 spiro atoms. The van der Waals surface area contributed by atoms with Crippen LogP contribution in [0.2, 0.25) is 0 Å². The quantitative estimate of drug-likeness (QED) is 0.668. The van der Waals surface area contributed by atoms with Gasteiger partial charge in [-0.2, -0.15) is 0 Å². The lowest BCUT2D eigenvalue weighted by atomic mass is 10.1. The molecule has 1 aromatic carbocycles. The molecule has 3 nitrogen and oxygen atoms in total. The highest BCUT2D eigenvalue weighted by Gasteiger charge is 2.31. The Bertz CT molecular complexity index is 426. The van der Waals surface area contributed by atoms with E-state index in [0.29, 0.717) is 11.3 Å². The standard InChI is InChI=1S/C10H8Cl3NO2/c1-6(15)7-4-2-3-5-8(7)14-9(16)10(11,12)13/h2-5H,1H3,(H,14,16). The first-order valence-electron chi connectivity index (χ1n) is 4.30. The number of anilines is 1. The van der Waals surface area contributed by atoms with Crippen LogP contribution in [0.1, 0.15) is 17.3 Å². The molecule has 16 heavy (non-hydrogen) atoms. The van der Waals surface area contributed by atoms with Gasteiger partial charge < -0.3 is 5.32 Å². The average Bonchev–Trinajstić information content (AvgIpc) is 2.16. The summed E-state index contributed by atoms with van der Waals surface area (Å²) in [6.07, 6.45) is 0. The number of nitrogens with one attached hydrogen (secondary N) is 1. The molecule has 0 aliphatic carbocycles. The third-order valence-electron chi connectivity index (χ3n) is 1.81. The van der Waals surface area contributed by atoms with Crippen molar-refractivity contribution in [3.05, 3.63) is 29.8 Å². The molecule has 0 aliphatic heterocycles. The Morgan fingerprint density at radius 2 is 1.75 bits per heavy atom. The van der Waals surface area contributed by atoms with E-state index in [1.807, 2.05) is 0 Å². The summed E-state index contributed by atoms with van der Waals surface area (Å²) in [6, 6.07) is 6.49. The Kier molecular flexibility index (Phi) is 4.19. The Morgan fingerprint density at radius 1 is 1.19 bits per heavy atom. The maximum atomic E-state index is 11.4. The third-order valence-corrected chi connectivity index (χ3v) is 2.33. The van der Waals surface area contributed by atoms with Crippen LogP contribution in [-0.4, -0.2) is 15.5 Å². The summed E-state index contributed by atoms with van der Waals surface area (Å²) in [5.74, 6) is -0.980. The molecule has 1 N–H and O–H groups in total. The van der Waals surface area contributed by atoms with Crippen LogP contribution in [0, 0.1) is 0 Å². The fourth-order valence-corrected chi connectivity index (χ4v) is 1.23. The summed E-state index contributed by atoms with van der Waals surface area (Å²) >= 11 is 16.2. The highest BCUT2D eigenvalue weighted by Crippen LogP contribution is 2.28. The summed E-state index contributed by atoms with van der Waals surface area (Å²) in [5, 5.41) is 2.38. The van der Waals surface area contributed by atoms with E-state index in [0.717, 1.165) is 0 Å². The van der Waals surface area contributed by atoms with Gasteiger partial charge in [0, 0.05) is 5.56 Å². The number of benzene rings is 1. The van der Waals surface area contributed by atoms with Crippen molar-refractivity contribution in [1.82, 2.24) is 0 Å². The predicted molar refractivity (Wildman–Crippen MR) is 65.4 cm³/mol. The van der Waals surface area contributed by atoms with Crippen molar-refractivity contribution in [2.24, 2.45) is 0 Å². The highest BCUT2D eigenvalue weighted by atomic mass is 35.6. The number of carbonyl (C=O) groups excluding carboxylic acids is 2. The van der Waals surface area contributed by atoms with E-state index >= 15 is 0 Å². The molecular formula is C10H8Cl3NO2. The molecule has 0 bridgehead atoms. The number of rotatable bonds is 2. The van der Waals surface area contributed by atoms with Gasteiger partial charge in [0.05, 0.1) is 5.69 Å². The molecule has 0 aromatic heterocycles. The monoisotopic (exact) mass is 279 g/mol. The fraction of sp³-hybridized carbons (Fsp3) is 0.200. The van der Waals surface area contributed by atoms with Crippen LogP contribution in [0.25, 0.3) is 0 Å². The molecule has 0 saturated heterocycles. The molecule has 6 heteroatoms. The zero-order chi connectivity index (χ0) is 12.3. The van der Waals surface area contributed by atoms with Gasteiger partial charge in [0.25, 0.3) is 9.70 Å². The number of hydrogen-bond acceptors (Lipinski definition) is 2. The van der Waals surface area contributed by atoms with Crippen LogP contribution in [0.4, 0.5) is 5.69 Å². The molecule has 0 heterocycles. The second-order valence-electron chi connectivity index (χ2n) is 3.05. The number of ketones is 1. The first kappa shape index (κ1) is 13.3. The van der Waals surface area contributed by atoms with Crippen molar-refractivity contribution in [3.8, 4) is 0 Å². The van der Waals surface area contributed by atoms with Crippen LogP contribution < -0.4 is 5.32 Å². The molecule has 0 saturated carbocycles. The summed E-state index contributed by atoms with van der Waals surface area (Å²) in [7, 11) is 0. The van der Waals surface area contributed by atoms with Crippen LogP contribution in [0.5, 0.6) is 0 Å². The minimum Gasteiger partial charge on any atom is -0.322 e. The van der Waals surface area contributed by atoms with Gasteiger partial charge in [0.2, 0.25) is 0 Å². The van der Waals surface area contributed by atoms with E-state index in [1.165, 1.54) is 6.92 Å². The maximum absolute atomic E-state index is 11.4. The number of amides is 1. The molecule has 86 valence electrons. The van der Waals surface area contributed by atoms with Gasteiger partial charge in [0.1, 0.15) is 0 Å². The lowest BCUT2D eigenvalue weighted by molar-refractivity contribution is -0.115. The van der Waals surface area contributed by atoms with Crippen molar-refractivity contribution in [2.75, 3.05) is 5.32 Å². The molecule has 1 amide bonds. The summed E-state index contributed by atoms with van der Waals surface area (Å²) in [6.45, 7) is 1.39. The van der Waals surface area contributed by atoms with E-state index in [-0.39, 0.29) is 5.78 Å². The Labute approximate surface area is 108 Å². The zero-order valence-corrected chi connectivity index (χ0v) is 10.5. The van der Waals surface area contributed by atoms with Gasteiger partial charge in [-0.3, -0.25) is 9.59 Å². The van der Waals surface area contributed by atoms with Crippen LogP contribution in [0.15, 0.2) is 24.3 Å². The Morgan fingerprint density at radius 3 is 2.25 bits per heavy atom. The van der Waals surface area contributed by atoms with E-state index in [9.17, 15) is 9.59 Å². The topological polar surface area (TPSA) is 46.2 Å². The van der Waals surface area contributed by atoms with Crippen LogP contribution in [0.3, 0.4) is 0 Å². The van der Waals surface area contributed by atoms with Crippen molar-refractivity contribution in [3.63, 3.8) is 0 Å². The van der Waals surface area contributed by atoms with Crippen LogP contribution in [-0.2, 0) is 4.79 Å². The molecule has 1 aromatic rings. The zero-order valence-electron chi connectivity index (χ0n) is 8.26.